The lowest BCUT2D eigenvalue weighted by Gasteiger charge is -2.22. The molecule has 1 atom stereocenters. The van der Waals surface area contributed by atoms with Crippen LogP contribution in [0.15, 0.2) is 36.7 Å². The number of alkyl halides is 3. The van der Waals surface area contributed by atoms with Gasteiger partial charge in [0.05, 0.1) is 23.0 Å². The van der Waals surface area contributed by atoms with E-state index in [1.54, 1.807) is 6.07 Å². The van der Waals surface area contributed by atoms with E-state index in [1.165, 1.54) is 16.9 Å². The van der Waals surface area contributed by atoms with Crippen molar-refractivity contribution in [3.63, 3.8) is 0 Å². The van der Waals surface area contributed by atoms with Crippen molar-refractivity contribution in [1.82, 2.24) is 19.9 Å². The molecule has 0 aliphatic carbocycles. The van der Waals surface area contributed by atoms with E-state index in [-0.39, 0.29) is 5.92 Å². The highest BCUT2D eigenvalue weighted by atomic mass is 35.5. The highest BCUT2D eigenvalue weighted by Gasteiger charge is 2.31. The summed E-state index contributed by atoms with van der Waals surface area (Å²) in [5.41, 5.74) is 1.55. The maximum atomic E-state index is 13.1. The average Bonchev–Trinajstić information content (AvgIpc) is 3.04. The summed E-state index contributed by atoms with van der Waals surface area (Å²) in [7, 11) is 0. The second-order valence-electron chi connectivity index (χ2n) is 6.44. The Hall–Kier alpha value is -2.12. The number of pyridine rings is 2. The molecule has 1 fully saturated rings. The first-order chi connectivity index (χ1) is 12.4. The van der Waals surface area contributed by atoms with Crippen LogP contribution in [-0.2, 0) is 6.18 Å². The van der Waals surface area contributed by atoms with Crippen molar-refractivity contribution in [1.29, 1.82) is 0 Å². The summed E-state index contributed by atoms with van der Waals surface area (Å²) in [6.07, 6.45) is 0.478. The predicted molar refractivity (Wildman–Crippen MR) is 93.3 cm³/mol. The number of fused-ring (bicyclic) bond motifs is 1. The average molecular weight is 381 g/mol. The summed E-state index contributed by atoms with van der Waals surface area (Å²) in [6.45, 7) is 1.80. The van der Waals surface area contributed by atoms with Gasteiger partial charge < -0.3 is 5.32 Å². The Bertz CT molecular complexity index is 945. The molecule has 3 aromatic rings. The van der Waals surface area contributed by atoms with Crippen LogP contribution in [-0.4, -0.2) is 27.7 Å². The number of nitrogens with one attached hydrogen (secondary N) is 1. The minimum Gasteiger partial charge on any atom is -0.316 e. The molecule has 136 valence electrons. The lowest BCUT2D eigenvalue weighted by Crippen LogP contribution is -2.28. The van der Waals surface area contributed by atoms with Gasteiger partial charge in [-0.2, -0.15) is 18.3 Å². The van der Waals surface area contributed by atoms with Gasteiger partial charge in [0.25, 0.3) is 0 Å². The van der Waals surface area contributed by atoms with Crippen molar-refractivity contribution in [3.05, 3.63) is 52.9 Å². The molecule has 4 rings (SSSR count). The van der Waals surface area contributed by atoms with Crippen molar-refractivity contribution in [2.24, 2.45) is 0 Å². The monoisotopic (exact) mass is 380 g/mol. The minimum atomic E-state index is -4.41. The molecular formula is C18H16ClF3N4. The Balaban J connectivity index is 1.81. The molecule has 1 saturated heterocycles. The van der Waals surface area contributed by atoms with Crippen LogP contribution in [0.1, 0.15) is 30.0 Å². The van der Waals surface area contributed by atoms with Crippen molar-refractivity contribution < 1.29 is 13.2 Å². The Labute approximate surface area is 153 Å². The Kier molecular flexibility index (Phi) is 4.36. The van der Waals surface area contributed by atoms with Crippen LogP contribution >= 0.6 is 11.6 Å². The molecule has 4 nitrogen and oxygen atoms in total. The first-order valence-corrected chi connectivity index (χ1v) is 8.73. The van der Waals surface area contributed by atoms with E-state index in [2.05, 4.69) is 15.4 Å². The van der Waals surface area contributed by atoms with Gasteiger partial charge in [-0.15, -0.1) is 0 Å². The molecule has 0 amide bonds. The van der Waals surface area contributed by atoms with Crippen LogP contribution in [0.5, 0.6) is 0 Å². The molecular weight excluding hydrogens is 365 g/mol. The quantitative estimate of drug-likeness (QED) is 0.710. The number of rotatable bonds is 2. The summed E-state index contributed by atoms with van der Waals surface area (Å²) in [5, 5.41) is 8.00. The number of piperidine rings is 1. The fourth-order valence-electron chi connectivity index (χ4n) is 3.32. The zero-order chi connectivity index (χ0) is 18.3. The van der Waals surface area contributed by atoms with Gasteiger partial charge >= 0.3 is 6.18 Å². The SMILES string of the molecule is FC(F)(F)c1ccn2ncc(-c3cc(Cl)cc(C4CCCNC4)n3)c2c1. The predicted octanol–water partition coefficient (Wildman–Crippen LogP) is 4.54. The third-order valence-electron chi connectivity index (χ3n) is 4.65. The molecule has 26 heavy (non-hydrogen) atoms. The maximum absolute atomic E-state index is 13.1. The standard InChI is InChI=1S/C18H16ClF3N4/c19-13-7-15(11-2-1-4-23-9-11)25-16(8-13)14-10-24-26-5-3-12(6-17(14)26)18(20,21)22/h3,5-8,10-11,23H,1-2,4,9H2. The van der Waals surface area contributed by atoms with Gasteiger partial charge in [-0.3, -0.25) is 4.98 Å². The second kappa shape index (κ2) is 6.55. The maximum Gasteiger partial charge on any atom is 0.416 e. The molecule has 1 N–H and O–H groups in total. The largest absolute Gasteiger partial charge is 0.416 e. The molecule has 3 aromatic heterocycles. The van der Waals surface area contributed by atoms with Crippen LogP contribution in [0.3, 0.4) is 0 Å². The summed E-state index contributed by atoms with van der Waals surface area (Å²) in [4.78, 5) is 4.68. The van der Waals surface area contributed by atoms with E-state index in [0.29, 0.717) is 21.8 Å². The van der Waals surface area contributed by atoms with E-state index in [9.17, 15) is 13.2 Å². The molecule has 0 bridgehead atoms. The zero-order valence-electron chi connectivity index (χ0n) is 13.7. The lowest BCUT2D eigenvalue weighted by molar-refractivity contribution is -0.137. The van der Waals surface area contributed by atoms with Crippen LogP contribution in [0, 0.1) is 0 Å². The number of hydrogen-bond acceptors (Lipinski definition) is 3. The number of aromatic nitrogens is 3. The lowest BCUT2D eigenvalue weighted by atomic mass is 9.95. The highest BCUT2D eigenvalue weighted by Crippen LogP contribution is 2.34. The van der Waals surface area contributed by atoms with Gasteiger partial charge in [0.15, 0.2) is 0 Å². The van der Waals surface area contributed by atoms with E-state index in [4.69, 9.17) is 11.6 Å². The van der Waals surface area contributed by atoms with Crippen molar-refractivity contribution in [2.45, 2.75) is 24.9 Å². The van der Waals surface area contributed by atoms with Gasteiger partial charge in [-0.1, -0.05) is 11.6 Å². The van der Waals surface area contributed by atoms with E-state index in [1.807, 2.05) is 6.07 Å². The van der Waals surface area contributed by atoms with Gasteiger partial charge in [0.2, 0.25) is 0 Å². The number of halogens is 4. The second-order valence-corrected chi connectivity index (χ2v) is 6.88. The van der Waals surface area contributed by atoms with Crippen molar-refractivity contribution in [3.8, 4) is 11.3 Å². The van der Waals surface area contributed by atoms with Gasteiger partial charge in [-0.05, 0) is 43.7 Å². The van der Waals surface area contributed by atoms with Gasteiger partial charge in [-0.25, -0.2) is 4.52 Å². The Morgan fingerprint density at radius 3 is 2.81 bits per heavy atom. The molecule has 0 saturated carbocycles. The molecule has 1 aliphatic rings. The van der Waals surface area contributed by atoms with Crippen molar-refractivity contribution in [2.75, 3.05) is 13.1 Å². The molecule has 4 heterocycles. The molecule has 0 aromatic carbocycles. The summed E-state index contributed by atoms with van der Waals surface area (Å²) in [5.74, 6) is 0.244. The number of nitrogens with zero attached hydrogens (tertiary/aromatic N) is 3. The minimum absolute atomic E-state index is 0.244. The Morgan fingerprint density at radius 1 is 1.23 bits per heavy atom. The van der Waals surface area contributed by atoms with Crippen LogP contribution in [0.4, 0.5) is 13.2 Å². The highest BCUT2D eigenvalue weighted by molar-refractivity contribution is 6.30. The van der Waals surface area contributed by atoms with Gasteiger partial charge in [0.1, 0.15) is 0 Å². The first kappa shape index (κ1) is 17.3. The summed E-state index contributed by atoms with van der Waals surface area (Å²) < 4.78 is 40.6. The van der Waals surface area contributed by atoms with E-state index >= 15 is 0 Å². The normalized spacial score (nSPS) is 18.4. The fraction of sp³-hybridized carbons (Fsp3) is 0.333. The Morgan fingerprint density at radius 2 is 2.08 bits per heavy atom. The molecule has 0 radical (unpaired) electrons. The molecule has 1 unspecified atom stereocenters. The molecule has 1 aliphatic heterocycles. The van der Waals surface area contributed by atoms with Crippen LogP contribution in [0.2, 0.25) is 5.02 Å². The van der Waals surface area contributed by atoms with Crippen LogP contribution < -0.4 is 5.32 Å². The summed E-state index contributed by atoms with van der Waals surface area (Å²) >= 11 is 6.27. The first-order valence-electron chi connectivity index (χ1n) is 8.35. The van der Waals surface area contributed by atoms with Gasteiger partial charge in [0, 0.05) is 34.9 Å². The smallest absolute Gasteiger partial charge is 0.316 e. The third-order valence-corrected chi connectivity index (χ3v) is 4.87. The summed E-state index contributed by atoms with van der Waals surface area (Å²) in [6, 6.07) is 5.59. The van der Waals surface area contributed by atoms with Crippen molar-refractivity contribution >= 4 is 17.1 Å². The molecule has 8 heteroatoms. The number of hydrogen-bond donors (Lipinski definition) is 1. The van der Waals surface area contributed by atoms with Crippen LogP contribution in [0.25, 0.3) is 16.8 Å². The molecule has 0 spiro atoms. The fourth-order valence-corrected chi connectivity index (χ4v) is 3.54. The van der Waals surface area contributed by atoms with E-state index in [0.717, 1.165) is 43.8 Å². The zero-order valence-corrected chi connectivity index (χ0v) is 14.5. The topological polar surface area (TPSA) is 42.2 Å². The third kappa shape index (κ3) is 3.29. The van der Waals surface area contributed by atoms with E-state index < -0.39 is 11.7 Å².